The van der Waals surface area contributed by atoms with Crippen LogP contribution in [0.1, 0.15) is 18.5 Å². The molecule has 0 saturated carbocycles. The molecular formula is C17H16ClN3. The Morgan fingerprint density at radius 1 is 1.10 bits per heavy atom. The molecule has 1 atom stereocenters. The van der Waals surface area contributed by atoms with Gasteiger partial charge in [0.15, 0.2) is 0 Å². The molecule has 0 aliphatic rings. The van der Waals surface area contributed by atoms with E-state index in [0.29, 0.717) is 0 Å². The third-order valence-electron chi connectivity index (χ3n) is 3.55. The smallest absolute Gasteiger partial charge is 0.0954 e. The van der Waals surface area contributed by atoms with Crippen LogP contribution in [0.2, 0.25) is 5.02 Å². The Kier molecular flexibility index (Phi) is 3.67. The monoisotopic (exact) mass is 297 g/mol. The molecule has 0 aliphatic carbocycles. The highest BCUT2D eigenvalue weighted by molar-refractivity contribution is 6.31. The standard InChI is InChI=1S/C17H16ClN3/c1-11(12-5-2-3-7-14(12)18)21-16-9-8-15(19)13-6-4-10-20-17(13)16/h2-11,21H,19H2,1H3. The van der Waals surface area contributed by atoms with Crippen LogP contribution < -0.4 is 11.1 Å². The van der Waals surface area contributed by atoms with Gasteiger partial charge in [0.05, 0.1) is 17.2 Å². The summed E-state index contributed by atoms with van der Waals surface area (Å²) in [6.07, 6.45) is 1.77. The third kappa shape index (κ3) is 2.65. The van der Waals surface area contributed by atoms with E-state index >= 15 is 0 Å². The van der Waals surface area contributed by atoms with Crippen LogP contribution in [0.25, 0.3) is 10.9 Å². The number of nitrogens with two attached hydrogens (primary N) is 1. The van der Waals surface area contributed by atoms with Crippen molar-refractivity contribution in [2.24, 2.45) is 0 Å². The zero-order valence-corrected chi connectivity index (χ0v) is 12.4. The number of benzene rings is 2. The molecule has 3 N–H and O–H groups in total. The Morgan fingerprint density at radius 2 is 1.90 bits per heavy atom. The van der Waals surface area contributed by atoms with Crippen molar-refractivity contribution in [3.63, 3.8) is 0 Å². The topological polar surface area (TPSA) is 50.9 Å². The summed E-state index contributed by atoms with van der Waals surface area (Å²) < 4.78 is 0. The highest BCUT2D eigenvalue weighted by atomic mass is 35.5. The van der Waals surface area contributed by atoms with Gasteiger partial charge in [-0.2, -0.15) is 0 Å². The number of halogens is 1. The number of fused-ring (bicyclic) bond motifs is 1. The molecule has 0 fully saturated rings. The quantitative estimate of drug-likeness (QED) is 0.692. The maximum Gasteiger partial charge on any atom is 0.0954 e. The van der Waals surface area contributed by atoms with E-state index in [2.05, 4.69) is 17.2 Å². The van der Waals surface area contributed by atoms with Crippen LogP contribution in [0.5, 0.6) is 0 Å². The van der Waals surface area contributed by atoms with Gasteiger partial charge in [-0.3, -0.25) is 4.98 Å². The number of hydrogen-bond donors (Lipinski definition) is 2. The molecule has 1 unspecified atom stereocenters. The maximum absolute atomic E-state index is 6.25. The van der Waals surface area contributed by atoms with Crippen molar-refractivity contribution in [1.29, 1.82) is 0 Å². The second kappa shape index (κ2) is 5.62. The molecule has 4 heteroatoms. The fourth-order valence-electron chi connectivity index (χ4n) is 2.45. The number of nitrogen functional groups attached to an aromatic ring is 1. The summed E-state index contributed by atoms with van der Waals surface area (Å²) in [7, 11) is 0. The van der Waals surface area contributed by atoms with Crippen molar-refractivity contribution >= 4 is 33.9 Å². The average Bonchev–Trinajstić information content (AvgIpc) is 2.51. The van der Waals surface area contributed by atoms with Crippen molar-refractivity contribution in [2.75, 3.05) is 11.1 Å². The van der Waals surface area contributed by atoms with Crippen LogP contribution in [0.4, 0.5) is 11.4 Å². The summed E-state index contributed by atoms with van der Waals surface area (Å²) in [5, 5.41) is 5.17. The number of nitrogens with zero attached hydrogens (tertiary/aromatic N) is 1. The predicted molar refractivity (Wildman–Crippen MR) is 89.6 cm³/mol. The Balaban J connectivity index is 1.99. The molecule has 106 valence electrons. The van der Waals surface area contributed by atoms with Gasteiger partial charge in [0, 0.05) is 22.3 Å². The Morgan fingerprint density at radius 3 is 2.71 bits per heavy atom. The molecule has 3 aromatic rings. The first kappa shape index (κ1) is 13.7. The van der Waals surface area contributed by atoms with E-state index in [9.17, 15) is 0 Å². The molecule has 0 spiro atoms. The molecule has 0 radical (unpaired) electrons. The van der Waals surface area contributed by atoms with Crippen LogP contribution in [-0.4, -0.2) is 4.98 Å². The molecule has 0 amide bonds. The lowest BCUT2D eigenvalue weighted by molar-refractivity contribution is 0.886. The van der Waals surface area contributed by atoms with Crippen LogP contribution in [0.15, 0.2) is 54.7 Å². The molecule has 2 aromatic carbocycles. The molecule has 0 bridgehead atoms. The van der Waals surface area contributed by atoms with Gasteiger partial charge >= 0.3 is 0 Å². The highest BCUT2D eigenvalue weighted by Crippen LogP contribution is 2.30. The number of aromatic nitrogens is 1. The second-order valence-corrected chi connectivity index (χ2v) is 5.40. The molecule has 1 aromatic heterocycles. The Hall–Kier alpha value is -2.26. The zero-order chi connectivity index (χ0) is 14.8. The van der Waals surface area contributed by atoms with Crippen molar-refractivity contribution in [2.45, 2.75) is 13.0 Å². The predicted octanol–water partition coefficient (Wildman–Crippen LogP) is 4.64. The largest absolute Gasteiger partial charge is 0.398 e. The second-order valence-electron chi connectivity index (χ2n) is 4.99. The Bertz CT molecular complexity index is 786. The number of anilines is 2. The molecule has 3 rings (SSSR count). The van der Waals surface area contributed by atoms with Crippen molar-refractivity contribution in [1.82, 2.24) is 4.98 Å². The van der Waals surface area contributed by atoms with Gasteiger partial charge in [0.25, 0.3) is 0 Å². The van der Waals surface area contributed by atoms with E-state index in [1.807, 2.05) is 48.5 Å². The number of pyridine rings is 1. The number of hydrogen-bond acceptors (Lipinski definition) is 3. The molecule has 0 saturated heterocycles. The van der Waals surface area contributed by atoms with E-state index in [-0.39, 0.29) is 6.04 Å². The molecule has 3 nitrogen and oxygen atoms in total. The molecule has 0 aliphatic heterocycles. The first-order valence-corrected chi connectivity index (χ1v) is 7.19. The minimum atomic E-state index is 0.0764. The van der Waals surface area contributed by atoms with Gasteiger partial charge < -0.3 is 11.1 Å². The number of nitrogens with one attached hydrogen (secondary N) is 1. The van der Waals surface area contributed by atoms with Crippen LogP contribution in [0, 0.1) is 0 Å². The van der Waals surface area contributed by atoms with Gasteiger partial charge in [-0.05, 0) is 42.8 Å². The van der Waals surface area contributed by atoms with Gasteiger partial charge in [-0.25, -0.2) is 0 Å². The minimum Gasteiger partial charge on any atom is -0.398 e. The van der Waals surface area contributed by atoms with Crippen molar-refractivity contribution < 1.29 is 0 Å². The van der Waals surface area contributed by atoms with Crippen molar-refractivity contribution in [3.05, 3.63) is 65.3 Å². The van der Waals surface area contributed by atoms with Gasteiger partial charge in [-0.1, -0.05) is 29.8 Å². The van der Waals surface area contributed by atoms with Gasteiger partial charge in [0.1, 0.15) is 0 Å². The summed E-state index contributed by atoms with van der Waals surface area (Å²) >= 11 is 6.25. The van der Waals surface area contributed by atoms with E-state index in [1.54, 1.807) is 6.20 Å². The highest BCUT2D eigenvalue weighted by Gasteiger charge is 2.11. The molecule has 1 heterocycles. The van der Waals surface area contributed by atoms with E-state index in [4.69, 9.17) is 17.3 Å². The SMILES string of the molecule is CC(Nc1ccc(N)c2cccnc12)c1ccccc1Cl. The van der Waals surface area contributed by atoms with Crippen LogP contribution in [0.3, 0.4) is 0 Å². The van der Waals surface area contributed by atoms with E-state index < -0.39 is 0 Å². The normalized spacial score (nSPS) is 12.3. The summed E-state index contributed by atoms with van der Waals surface area (Å²) in [6, 6.07) is 15.6. The third-order valence-corrected chi connectivity index (χ3v) is 3.89. The fraction of sp³-hybridized carbons (Fsp3) is 0.118. The lowest BCUT2D eigenvalue weighted by Gasteiger charge is -2.18. The fourth-order valence-corrected chi connectivity index (χ4v) is 2.75. The molecular weight excluding hydrogens is 282 g/mol. The first-order chi connectivity index (χ1) is 10.2. The summed E-state index contributed by atoms with van der Waals surface area (Å²) in [5.41, 5.74) is 9.61. The Labute approximate surface area is 128 Å². The summed E-state index contributed by atoms with van der Waals surface area (Å²) in [5.74, 6) is 0. The minimum absolute atomic E-state index is 0.0764. The zero-order valence-electron chi connectivity index (χ0n) is 11.7. The maximum atomic E-state index is 6.25. The van der Waals surface area contributed by atoms with Gasteiger partial charge in [-0.15, -0.1) is 0 Å². The molecule has 21 heavy (non-hydrogen) atoms. The first-order valence-electron chi connectivity index (χ1n) is 6.81. The number of rotatable bonds is 3. The van der Waals surface area contributed by atoms with E-state index in [0.717, 1.165) is 32.9 Å². The van der Waals surface area contributed by atoms with Crippen molar-refractivity contribution in [3.8, 4) is 0 Å². The van der Waals surface area contributed by atoms with E-state index in [1.165, 1.54) is 0 Å². The van der Waals surface area contributed by atoms with Gasteiger partial charge in [0.2, 0.25) is 0 Å². The van der Waals surface area contributed by atoms with Crippen LogP contribution in [-0.2, 0) is 0 Å². The van der Waals surface area contributed by atoms with Crippen LogP contribution >= 0.6 is 11.6 Å². The lowest BCUT2D eigenvalue weighted by atomic mass is 10.1. The summed E-state index contributed by atoms with van der Waals surface area (Å²) in [4.78, 5) is 4.44. The summed E-state index contributed by atoms with van der Waals surface area (Å²) in [6.45, 7) is 2.08. The average molecular weight is 298 g/mol. The lowest BCUT2D eigenvalue weighted by Crippen LogP contribution is -2.08.